The fourth-order valence-electron chi connectivity index (χ4n) is 4.19. The van der Waals surface area contributed by atoms with Crippen molar-refractivity contribution < 1.29 is 14.3 Å². The topological polar surface area (TPSA) is 68.3 Å². The van der Waals surface area contributed by atoms with Crippen molar-refractivity contribution in [1.29, 1.82) is 0 Å². The summed E-state index contributed by atoms with van der Waals surface area (Å²) in [6, 6.07) is 15.9. The molecule has 0 aliphatic heterocycles. The van der Waals surface area contributed by atoms with Crippen LogP contribution in [0.1, 0.15) is 48.2 Å². The Kier molecular flexibility index (Phi) is 4.66. The number of fused-ring (bicyclic) bond motifs is 1. The summed E-state index contributed by atoms with van der Waals surface area (Å²) >= 11 is 1.56. The molecular weight excluding hydrogens is 396 g/mol. The second-order valence-electron chi connectivity index (χ2n) is 7.99. The highest BCUT2D eigenvalue weighted by atomic mass is 32.1. The number of esters is 1. The van der Waals surface area contributed by atoms with Gasteiger partial charge in [-0.1, -0.05) is 36.4 Å². The number of carbonyl (C=O) groups excluding carboxylic acids is 2. The van der Waals surface area contributed by atoms with Gasteiger partial charge in [-0.2, -0.15) is 0 Å². The SMILES string of the molecule is CC(=O)OC1(c2ncc(-c3ccc(NC(=O)C4Cc5ccccc54)cc3)s2)CCC1. The minimum Gasteiger partial charge on any atom is -0.452 e. The molecule has 2 aromatic carbocycles. The normalized spacial score (nSPS) is 18.5. The fraction of sp³-hybridized carbons (Fsp3) is 0.292. The first-order valence-corrected chi connectivity index (χ1v) is 11.0. The number of benzene rings is 2. The molecule has 30 heavy (non-hydrogen) atoms. The Balaban J connectivity index is 1.27. The summed E-state index contributed by atoms with van der Waals surface area (Å²) in [5, 5.41) is 3.89. The number of hydrogen-bond donors (Lipinski definition) is 1. The molecule has 1 N–H and O–H groups in total. The average Bonchev–Trinajstić information content (AvgIpc) is 3.16. The van der Waals surface area contributed by atoms with Crippen LogP contribution in [0.5, 0.6) is 0 Å². The standard InChI is InChI=1S/C24H22N2O3S/c1-15(27)29-24(11-4-12-24)23-25-14-21(30-23)16-7-9-18(10-8-16)26-22(28)20-13-17-5-2-3-6-19(17)20/h2-3,5-10,14,20H,4,11-13H2,1H3,(H,26,28). The number of aromatic nitrogens is 1. The van der Waals surface area contributed by atoms with Gasteiger partial charge in [-0.05, 0) is 54.5 Å². The first kappa shape index (κ1) is 19.0. The van der Waals surface area contributed by atoms with Gasteiger partial charge in [0.15, 0.2) is 5.60 Å². The molecule has 0 bridgehead atoms. The van der Waals surface area contributed by atoms with Crippen LogP contribution in [0.3, 0.4) is 0 Å². The molecule has 1 amide bonds. The van der Waals surface area contributed by atoms with Gasteiger partial charge in [-0.15, -0.1) is 11.3 Å². The molecule has 1 saturated carbocycles. The molecule has 3 aromatic rings. The molecule has 0 spiro atoms. The maximum atomic E-state index is 12.6. The van der Waals surface area contributed by atoms with Crippen LogP contribution < -0.4 is 5.32 Å². The summed E-state index contributed by atoms with van der Waals surface area (Å²) in [5.74, 6) is -0.291. The summed E-state index contributed by atoms with van der Waals surface area (Å²) in [4.78, 5) is 29.7. The Morgan fingerprint density at radius 1 is 1.13 bits per heavy atom. The van der Waals surface area contributed by atoms with Crippen molar-refractivity contribution in [2.45, 2.75) is 44.1 Å². The van der Waals surface area contributed by atoms with Crippen LogP contribution in [-0.2, 0) is 26.3 Å². The maximum Gasteiger partial charge on any atom is 0.303 e. The van der Waals surface area contributed by atoms with E-state index >= 15 is 0 Å². The highest BCUT2D eigenvalue weighted by Gasteiger charge is 2.44. The third kappa shape index (κ3) is 3.31. The van der Waals surface area contributed by atoms with Gasteiger partial charge in [0.25, 0.3) is 0 Å². The van der Waals surface area contributed by atoms with Gasteiger partial charge in [-0.25, -0.2) is 4.98 Å². The van der Waals surface area contributed by atoms with Gasteiger partial charge in [0.1, 0.15) is 5.01 Å². The lowest BCUT2D eigenvalue weighted by atomic mass is 9.77. The van der Waals surface area contributed by atoms with Crippen LogP contribution in [0.2, 0.25) is 0 Å². The van der Waals surface area contributed by atoms with Crippen molar-refractivity contribution in [3.05, 3.63) is 70.9 Å². The van der Waals surface area contributed by atoms with E-state index in [1.165, 1.54) is 12.5 Å². The van der Waals surface area contributed by atoms with Crippen molar-refractivity contribution in [3.8, 4) is 10.4 Å². The second-order valence-corrected chi connectivity index (χ2v) is 9.02. The lowest BCUT2D eigenvalue weighted by molar-refractivity contribution is -0.168. The molecule has 1 heterocycles. The number of anilines is 1. The Morgan fingerprint density at radius 3 is 2.57 bits per heavy atom. The van der Waals surface area contributed by atoms with E-state index < -0.39 is 5.60 Å². The highest BCUT2D eigenvalue weighted by Crippen LogP contribution is 2.47. The predicted octanol–water partition coefficient (Wildman–Crippen LogP) is 5.03. The number of nitrogens with one attached hydrogen (secondary N) is 1. The highest BCUT2D eigenvalue weighted by molar-refractivity contribution is 7.15. The average molecular weight is 419 g/mol. The predicted molar refractivity (Wildman–Crippen MR) is 116 cm³/mol. The van der Waals surface area contributed by atoms with E-state index in [2.05, 4.69) is 16.4 Å². The minimum absolute atomic E-state index is 0.0369. The zero-order valence-electron chi connectivity index (χ0n) is 16.7. The molecule has 2 aliphatic carbocycles. The van der Waals surface area contributed by atoms with Crippen LogP contribution in [0.4, 0.5) is 5.69 Å². The van der Waals surface area contributed by atoms with E-state index in [1.807, 2.05) is 48.7 Å². The molecule has 1 aromatic heterocycles. The molecule has 1 fully saturated rings. The van der Waals surface area contributed by atoms with Gasteiger partial charge in [0, 0.05) is 18.8 Å². The van der Waals surface area contributed by atoms with Gasteiger partial charge >= 0.3 is 5.97 Å². The Hall–Kier alpha value is -2.99. The maximum absolute atomic E-state index is 12.6. The number of ether oxygens (including phenoxy) is 1. The summed E-state index contributed by atoms with van der Waals surface area (Å²) in [5.41, 5.74) is 3.66. The van der Waals surface area contributed by atoms with Crippen molar-refractivity contribution in [1.82, 2.24) is 4.98 Å². The van der Waals surface area contributed by atoms with Crippen molar-refractivity contribution in [2.75, 3.05) is 5.32 Å². The molecule has 152 valence electrons. The molecule has 6 heteroatoms. The number of hydrogen-bond acceptors (Lipinski definition) is 5. The summed E-state index contributed by atoms with van der Waals surface area (Å²) in [7, 11) is 0. The van der Waals surface area contributed by atoms with Crippen LogP contribution in [0.15, 0.2) is 54.7 Å². The lowest BCUT2D eigenvalue weighted by Crippen LogP contribution is -2.38. The van der Waals surface area contributed by atoms with Crippen molar-refractivity contribution in [2.24, 2.45) is 0 Å². The molecule has 0 radical (unpaired) electrons. The first-order valence-electron chi connectivity index (χ1n) is 10.2. The molecule has 0 saturated heterocycles. The summed E-state index contributed by atoms with van der Waals surface area (Å²) in [6.07, 6.45) is 5.34. The fourth-order valence-corrected chi connectivity index (χ4v) is 5.30. The molecular formula is C24H22N2O3S. The summed E-state index contributed by atoms with van der Waals surface area (Å²) < 4.78 is 5.60. The third-order valence-corrected chi connectivity index (χ3v) is 7.24. The van der Waals surface area contributed by atoms with E-state index in [-0.39, 0.29) is 17.8 Å². The van der Waals surface area contributed by atoms with E-state index in [9.17, 15) is 9.59 Å². The quantitative estimate of drug-likeness (QED) is 0.590. The van der Waals surface area contributed by atoms with Crippen LogP contribution >= 0.6 is 11.3 Å². The van der Waals surface area contributed by atoms with Crippen LogP contribution in [-0.4, -0.2) is 16.9 Å². The van der Waals surface area contributed by atoms with Gasteiger partial charge in [0.2, 0.25) is 5.91 Å². The van der Waals surface area contributed by atoms with E-state index in [0.717, 1.165) is 52.4 Å². The number of carbonyl (C=O) groups is 2. The van der Waals surface area contributed by atoms with Gasteiger partial charge in [-0.3, -0.25) is 9.59 Å². The molecule has 1 unspecified atom stereocenters. The van der Waals surface area contributed by atoms with E-state index in [4.69, 9.17) is 4.74 Å². The van der Waals surface area contributed by atoms with Crippen molar-refractivity contribution >= 4 is 28.9 Å². The minimum atomic E-state index is -0.540. The summed E-state index contributed by atoms with van der Waals surface area (Å²) in [6.45, 7) is 1.45. The van der Waals surface area contributed by atoms with Crippen LogP contribution in [0.25, 0.3) is 10.4 Å². The number of thiazole rings is 1. The Bertz CT molecular complexity index is 1120. The molecule has 1 atom stereocenters. The largest absolute Gasteiger partial charge is 0.452 e. The molecule has 2 aliphatic rings. The lowest BCUT2D eigenvalue weighted by Gasteiger charge is -2.38. The second kappa shape index (κ2) is 7.36. The Morgan fingerprint density at radius 2 is 1.90 bits per heavy atom. The van der Waals surface area contributed by atoms with E-state index in [1.54, 1.807) is 11.3 Å². The first-order chi connectivity index (χ1) is 14.5. The smallest absolute Gasteiger partial charge is 0.303 e. The van der Waals surface area contributed by atoms with Crippen LogP contribution in [0, 0.1) is 0 Å². The monoisotopic (exact) mass is 418 g/mol. The number of amides is 1. The van der Waals surface area contributed by atoms with Crippen molar-refractivity contribution in [3.63, 3.8) is 0 Å². The zero-order chi connectivity index (χ0) is 20.7. The van der Waals surface area contributed by atoms with Gasteiger partial charge in [0.05, 0.1) is 10.8 Å². The van der Waals surface area contributed by atoms with E-state index in [0.29, 0.717) is 0 Å². The zero-order valence-corrected chi connectivity index (χ0v) is 17.5. The number of rotatable bonds is 5. The number of nitrogens with zero attached hydrogens (tertiary/aromatic N) is 1. The van der Waals surface area contributed by atoms with Gasteiger partial charge < -0.3 is 10.1 Å². The third-order valence-electron chi connectivity index (χ3n) is 6.00. The molecule has 5 nitrogen and oxygen atoms in total. The molecule has 5 rings (SSSR count). The Labute approximate surface area is 179 Å².